The molecule has 0 saturated carbocycles. The first-order valence-electron chi connectivity index (χ1n) is 13.1. The van der Waals surface area contributed by atoms with Gasteiger partial charge in [0.15, 0.2) is 0 Å². The Kier molecular flexibility index (Phi) is 8.75. The molecule has 0 aliphatic carbocycles. The van der Waals surface area contributed by atoms with E-state index in [-0.39, 0.29) is 24.4 Å². The van der Waals surface area contributed by atoms with Crippen molar-refractivity contribution < 1.29 is 27.1 Å². The van der Waals surface area contributed by atoms with E-state index in [1.807, 2.05) is 17.0 Å². The maximum absolute atomic E-state index is 14.3. The summed E-state index contributed by atoms with van der Waals surface area (Å²) < 4.78 is 58.8. The molecule has 1 unspecified atom stereocenters. The Hall–Kier alpha value is -2.92. The van der Waals surface area contributed by atoms with Crippen molar-refractivity contribution >= 4 is 34.9 Å². The van der Waals surface area contributed by atoms with Crippen molar-refractivity contribution in [2.45, 2.75) is 24.7 Å². The SMILES string of the molecule is CN(Cc1ccc(C(F)(F)F)c(F)c1)C1CN(C(=O)c2ccc(N3CCOCC3)nc2)C[C@@H]1c1ccc(Cl)c(Cl)c1. The first-order valence-corrected chi connectivity index (χ1v) is 13.9. The van der Waals surface area contributed by atoms with E-state index >= 15 is 0 Å². The van der Waals surface area contributed by atoms with Gasteiger partial charge in [-0.3, -0.25) is 9.69 Å². The predicted molar refractivity (Wildman–Crippen MR) is 149 cm³/mol. The van der Waals surface area contributed by atoms with E-state index in [9.17, 15) is 22.4 Å². The van der Waals surface area contributed by atoms with Gasteiger partial charge in [0.2, 0.25) is 0 Å². The quantitative estimate of drug-likeness (QED) is 0.315. The molecular weight excluding hydrogens is 583 g/mol. The van der Waals surface area contributed by atoms with Crippen LogP contribution in [0, 0.1) is 5.82 Å². The third-order valence-electron chi connectivity index (χ3n) is 7.61. The van der Waals surface area contributed by atoms with Crippen LogP contribution in [0.25, 0.3) is 0 Å². The largest absolute Gasteiger partial charge is 0.419 e. The summed E-state index contributed by atoms with van der Waals surface area (Å²) in [5.41, 5.74) is 0.399. The monoisotopic (exact) mass is 610 g/mol. The summed E-state index contributed by atoms with van der Waals surface area (Å²) in [4.78, 5) is 23.8. The van der Waals surface area contributed by atoms with Gasteiger partial charge in [-0.1, -0.05) is 35.3 Å². The highest BCUT2D eigenvalue weighted by molar-refractivity contribution is 6.42. The molecule has 12 heteroatoms. The number of carbonyl (C=O) groups is 1. The molecule has 3 aromatic rings. The fourth-order valence-electron chi connectivity index (χ4n) is 5.44. The number of alkyl halides is 3. The standard InChI is InChI=1S/C29H28Cl2F4N4O2/c1-37(15-18-2-5-22(25(32)12-18)29(33,34)35)26-17-39(16-21(26)19-3-6-23(30)24(31)13-19)28(40)20-4-7-27(36-14-20)38-8-10-41-11-9-38/h2-7,12-14,21,26H,8-11,15-17H2,1H3/t21-,26?/m1/s1. The number of carbonyl (C=O) groups excluding carboxylic acids is 1. The Morgan fingerprint density at radius 3 is 2.44 bits per heavy atom. The smallest absolute Gasteiger partial charge is 0.378 e. The van der Waals surface area contributed by atoms with E-state index in [4.69, 9.17) is 27.9 Å². The Bertz CT molecular complexity index is 1400. The average molecular weight is 611 g/mol. The minimum atomic E-state index is -4.77. The van der Waals surface area contributed by atoms with Crippen LogP contribution in [-0.2, 0) is 17.5 Å². The summed E-state index contributed by atoms with van der Waals surface area (Å²) in [6.45, 7) is 3.60. The number of pyridine rings is 1. The Morgan fingerprint density at radius 2 is 1.80 bits per heavy atom. The number of amides is 1. The molecule has 2 fully saturated rings. The first kappa shape index (κ1) is 29.6. The van der Waals surface area contributed by atoms with Crippen LogP contribution in [0.4, 0.5) is 23.4 Å². The zero-order chi connectivity index (χ0) is 29.3. The summed E-state index contributed by atoms with van der Waals surface area (Å²) in [6.07, 6.45) is -3.20. The second-order valence-electron chi connectivity index (χ2n) is 10.3. The Balaban J connectivity index is 1.37. The number of likely N-dealkylation sites (N-methyl/N-ethyl adjacent to an activating group) is 1. The zero-order valence-corrected chi connectivity index (χ0v) is 23.7. The molecule has 2 aliphatic heterocycles. The van der Waals surface area contributed by atoms with Crippen LogP contribution in [0.5, 0.6) is 0 Å². The van der Waals surface area contributed by atoms with E-state index < -0.39 is 17.6 Å². The number of morpholine rings is 1. The molecule has 5 rings (SSSR count). The fraction of sp³-hybridized carbons (Fsp3) is 0.379. The van der Waals surface area contributed by atoms with Crippen molar-refractivity contribution in [3.63, 3.8) is 0 Å². The van der Waals surface area contributed by atoms with Gasteiger partial charge < -0.3 is 14.5 Å². The van der Waals surface area contributed by atoms with E-state index in [2.05, 4.69) is 9.88 Å². The number of benzene rings is 2. The minimum absolute atomic E-state index is 0.176. The van der Waals surface area contributed by atoms with Crippen LogP contribution in [0.15, 0.2) is 54.7 Å². The van der Waals surface area contributed by atoms with Gasteiger partial charge >= 0.3 is 6.18 Å². The number of hydrogen-bond donors (Lipinski definition) is 0. The predicted octanol–water partition coefficient (Wildman–Crippen LogP) is 6.12. The van der Waals surface area contributed by atoms with Crippen molar-refractivity contribution in [1.82, 2.24) is 14.8 Å². The molecule has 2 aromatic carbocycles. The molecule has 0 N–H and O–H groups in total. The van der Waals surface area contributed by atoms with Crippen molar-refractivity contribution in [2.24, 2.45) is 0 Å². The third kappa shape index (κ3) is 6.61. The number of ether oxygens (including phenoxy) is 1. The van der Waals surface area contributed by atoms with Crippen LogP contribution in [0.1, 0.15) is 33.0 Å². The number of nitrogens with zero attached hydrogens (tertiary/aromatic N) is 4. The van der Waals surface area contributed by atoms with Gasteiger partial charge in [-0.25, -0.2) is 9.37 Å². The molecular formula is C29H28Cl2F4N4O2. The number of likely N-dealkylation sites (tertiary alicyclic amines) is 1. The zero-order valence-electron chi connectivity index (χ0n) is 22.2. The van der Waals surface area contributed by atoms with Gasteiger partial charge in [0.25, 0.3) is 5.91 Å². The summed E-state index contributed by atoms with van der Waals surface area (Å²) in [5, 5.41) is 0.779. The highest BCUT2D eigenvalue weighted by Crippen LogP contribution is 2.36. The number of anilines is 1. The van der Waals surface area contributed by atoms with E-state index in [1.54, 1.807) is 36.3 Å². The fourth-order valence-corrected chi connectivity index (χ4v) is 5.74. The van der Waals surface area contributed by atoms with Gasteiger partial charge in [-0.2, -0.15) is 13.2 Å². The molecule has 3 heterocycles. The maximum Gasteiger partial charge on any atom is 0.419 e. The van der Waals surface area contributed by atoms with Gasteiger partial charge in [-0.05, 0) is 54.6 Å². The number of hydrogen-bond acceptors (Lipinski definition) is 5. The van der Waals surface area contributed by atoms with E-state index in [0.717, 1.165) is 36.6 Å². The molecule has 6 nitrogen and oxygen atoms in total. The molecule has 0 radical (unpaired) electrons. The molecule has 2 atom stereocenters. The number of rotatable bonds is 6. The van der Waals surface area contributed by atoms with E-state index in [0.29, 0.717) is 47.5 Å². The highest BCUT2D eigenvalue weighted by atomic mass is 35.5. The lowest BCUT2D eigenvalue weighted by Crippen LogP contribution is -2.38. The van der Waals surface area contributed by atoms with Crippen molar-refractivity contribution in [1.29, 1.82) is 0 Å². The molecule has 0 spiro atoms. The number of aromatic nitrogens is 1. The molecule has 1 amide bonds. The van der Waals surface area contributed by atoms with E-state index in [1.165, 1.54) is 6.07 Å². The highest BCUT2D eigenvalue weighted by Gasteiger charge is 2.39. The lowest BCUT2D eigenvalue weighted by atomic mass is 9.93. The maximum atomic E-state index is 14.3. The number of halogens is 6. The van der Waals surface area contributed by atoms with Crippen LogP contribution in [0.2, 0.25) is 10.0 Å². The second-order valence-corrected chi connectivity index (χ2v) is 11.1. The molecule has 218 valence electrons. The van der Waals surface area contributed by atoms with Crippen LogP contribution < -0.4 is 4.90 Å². The second kappa shape index (κ2) is 12.1. The topological polar surface area (TPSA) is 48.9 Å². The summed E-state index contributed by atoms with van der Waals surface area (Å²) in [5.74, 6) is -0.909. The van der Waals surface area contributed by atoms with Crippen LogP contribution in [-0.4, -0.2) is 73.2 Å². The molecule has 41 heavy (non-hydrogen) atoms. The lowest BCUT2D eigenvalue weighted by molar-refractivity contribution is -0.140. The summed E-state index contributed by atoms with van der Waals surface area (Å²) in [7, 11) is 1.80. The summed E-state index contributed by atoms with van der Waals surface area (Å²) >= 11 is 12.5. The molecule has 0 bridgehead atoms. The van der Waals surface area contributed by atoms with Gasteiger partial charge in [0.05, 0.1) is 34.4 Å². The van der Waals surface area contributed by atoms with Crippen molar-refractivity contribution in [3.05, 3.63) is 92.8 Å². The average Bonchev–Trinajstić information content (AvgIpc) is 3.40. The lowest BCUT2D eigenvalue weighted by Gasteiger charge is -2.29. The van der Waals surface area contributed by atoms with Gasteiger partial charge in [0, 0.05) is 50.9 Å². The van der Waals surface area contributed by atoms with Gasteiger partial charge in [0.1, 0.15) is 11.6 Å². The molecule has 2 saturated heterocycles. The third-order valence-corrected chi connectivity index (χ3v) is 8.35. The normalized spacial score (nSPS) is 19.7. The minimum Gasteiger partial charge on any atom is -0.378 e. The molecule has 1 aromatic heterocycles. The van der Waals surface area contributed by atoms with Crippen LogP contribution in [0.3, 0.4) is 0 Å². The van der Waals surface area contributed by atoms with Crippen LogP contribution >= 0.6 is 23.2 Å². The molecule has 2 aliphatic rings. The Morgan fingerprint density at radius 1 is 1.05 bits per heavy atom. The summed E-state index contributed by atoms with van der Waals surface area (Å²) in [6, 6.07) is 11.6. The van der Waals surface area contributed by atoms with Crippen molar-refractivity contribution in [3.8, 4) is 0 Å². The Labute approximate surface area is 245 Å². The first-order chi connectivity index (χ1) is 19.5. The van der Waals surface area contributed by atoms with Crippen molar-refractivity contribution in [2.75, 3.05) is 51.3 Å². The van der Waals surface area contributed by atoms with Gasteiger partial charge in [-0.15, -0.1) is 0 Å².